The van der Waals surface area contributed by atoms with Gasteiger partial charge in [0.2, 0.25) is 0 Å². The molecule has 21 heavy (non-hydrogen) atoms. The fourth-order valence-corrected chi connectivity index (χ4v) is 2.09. The maximum absolute atomic E-state index is 10.3. The van der Waals surface area contributed by atoms with E-state index < -0.39 is 11.7 Å². The van der Waals surface area contributed by atoms with Crippen LogP contribution in [0.1, 0.15) is 39.2 Å². The quantitative estimate of drug-likeness (QED) is 0.705. The van der Waals surface area contributed by atoms with Crippen molar-refractivity contribution < 1.29 is 14.6 Å². The molecule has 0 heterocycles. The van der Waals surface area contributed by atoms with Crippen LogP contribution in [0.3, 0.4) is 0 Å². The molecule has 1 N–H and O–H groups in total. The first-order chi connectivity index (χ1) is 9.98. The fourth-order valence-electron chi connectivity index (χ4n) is 2.09. The highest BCUT2D eigenvalue weighted by Crippen LogP contribution is 2.23. The van der Waals surface area contributed by atoms with Crippen LogP contribution in [0, 0.1) is 0 Å². The number of hydrogen-bond acceptors (Lipinski definition) is 3. The third-order valence-electron chi connectivity index (χ3n) is 3.75. The molecule has 3 heteroatoms. The molecule has 3 nitrogen and oxygen atoms in total. The van der Waals surface area contributed by atoms with Crippen molar-refractivity contribution in [2.24, 2.45) is 0 Å². The molecule has 1 rings (SSSR count). The molecular formula is C18H28O3. The molecule has 0 saturated heterocycles. The monoisotopic (exact) mass is 292 g/mol. The van der Waals surface area contributed by atoms with Crippen LogP contribution in [0.25, 0.3) is 0 Å². The zero-order valence-electron chi connectivity index (χ0n) is 13.6. The number of benzene rings is 1. The van der Waals surface area contributed by atoms with Gasteiger partial charge in [0.15, 0.2) is 0 Å². The summed E-state index contributed by atoms with van der Waals surface area (Å²) in [5, 5.41) is 10.3. The number of rotatable bonds is 9. The van der Waals surface area contributed by atoms with Crippen LogP contribution in [-0.4, -0.2) is 30.5 Å². The molecule has 118 valence electrons. The van der Waals surface area contributed by atoms with Gasteiger partial charge in [0.25, 0.3) is 0 Å². The summed E-state index contributed by atoms with van der Waals surface area (Å²) in [6, 6.07) is 9.96. The van der Waals surface area contributed by atoms with Gasteiger partial charge < -0.3 is 14.6 Å². The Bertz CT molecular complexity index is 423. The second-order valence-electron chi connectivity index (χ2n) is 5.85. The van der Waals surface area contributed by atoms with Crippen LogP contribution >= 0.6 is 0 Å². The highest BCUT2D eigenvalue weighted by atomic mass is 16.5. The Hall–Kier alpha value is -1.16. The standard InChI is InChI=1S/C18H28O3/c1-15(2)9-8-12-18(3,20-4)17(19)14-21-13-16-10-6-5-7-11-16/h5-7,9-11,17,19H,8,12-14H2,1-4H3/t17-,18-/m1/s1. The van der Waals surface area contributed by atoms with Crippen LogP contribution in [0.15, 0.2) is 42.0 Å². The number of allylic oxidation sites excluding steroid dienone is 2. The van der Waals surface area contributed by atoms with E-state index in [1.54, 1.807) is 7.11 Å². The molecule has 0 radical (unpaired) electrons. The van der Waals surface area contributed by atoms with E-state index in [9.17, 15) is 5.11 Å². The van der Waals surface area contributed by atoms with Gasteiger partial charge in [0.05, 0.1) is 18.8 Å². The zero-order valence-corrected chi connectivity index (χ0v) is 13.6. The first-order valence-corrected chi connectivity index (χ1v) is 7.46. The Morgan fingerprint density at radius 2 is 1.95 bits per heavy atom. The number of aliphatic hydroxyl groups is 1. The maximum atomic E-state index is 10.3. The van der Waals surface area contributed by atoms with E-state index in [1.165, 1.54) is 5.57 Å². The van der Waals surface area contributed by atoms with E-state index in [4.69, 9.17) is 9.47 Å². The van der Waals surface area contributed by atoms with Gasteiger partial charge in [0, 0.05) is 7.11 Å². The van der Waals surface area contributed by atoms with Gasteiger partial charge >= 0.3 is 0 Å². The van der Waals surface area contributed by atoms with Gasteiger partial charge in [0.1, 0.15) is 6.10 Å². The van der Waals surface area contributed by atoms with Crippen LogP contribution in [-0.2, 0) is 16.1 Å². The molecule has 0 spiro atoms. The lowest BCUT2D eigenvalue weighted by Crippen LogP contribution is -2.44. The van der Waals surface area contributed by atoms with E-state index in [2.05, 4.69) is 19.9 Å². The normalized spacial score (nSPS) is 15.3. The van der Waals surface area contributed by atoms with Gasteiger partial charge in [-0.05, 0) is 39.2 Å². The van der Waals surface area contributed by atoms with Crippen molar-refractivity contribution in [1.82, 2.24) is 0 Å². The van der Waals surface area contributed by atoms with Crippen molar-refractivity contribution in [3.05, 3.63) is 47.5 Å². The average molecular weight is 292 g/mol. The van der Waals surface area contributed by atoms with Crippen LogP contribution in [0.2, 0.25) is 0 Å². The van der Waals surface area contributed by atoms with Crippen molar-refractivity contribution in [1.29, 1.82) is 0 Å². The Morgan fingerprint density at radius 3 is 2.52 bits per heavy atom. The number of hydrogen-bond donors (Lipinski definition) is 1. The summed E-state index contributed by atoms with van der Waals surface area (Å²) in [6.45, 7) is 6.86. The molecule has 0 amide bonds. The molecule has 0 aliphatic heterocycles. The summed E-state index contributed by atoms with van der Waals surface area (Å²) in [7, 11) is 1.64. The maximum Gasteiger partial charge on any atom is 0.106 e. The molecule has 0 fully saturated rings. The van der Waals surface area contributed by atoms with Crippen molar-refractivity contribution >= 4 is 0 Å². The minimum Gasteiger partial charge on any atom is -0.388 e. The van der Waals surface area contributed by atoms with E-state index in [0.29, 0.717) is 6.61 Å². The van der Waals surface area contributed by atoms with Crippen LogP contribution < -0.4 is 0 Å². The molecule has 2 atom stereocenters. The predicted molar refractivity (Wildman–Crippen MR) is 86.2 cm³/mol. The van der Waals surface area contributed by atoms with E-state index in [0.717, 1.165) is 18.4 Å². The molecule has 1 aromatic rings. The first-order valence-electron chi connectivity index (χ1n) is 7.46. The zero-order chi connectivity index (χ0) is 15.7. The second-order valence-corrected chi connectivity index (χ2v) is 5.85. The average Bonchev–Trinajstić information content (AvgIpc) is 2.47. The SMILES string of the molecule is CO[C@](C)(CCC=C(C)C)[C@H](O)COCc1ccccc1. The Morgan fingerprint density at radius 1 is 1.29 bits per heavy atom. The van der Waals surface area contributed by atoms with E-state index in [-0.39, 0.29) is 6.61 Å². The molecule has 0 aliphatic rings. The molecule has 0 saturated carbocycles. The first kappa shape index (κ1) is 17.9. The topological polar surface area (TPSA) is 38.7 Å². The minimum absolute atomic E-state index is 0.272. The third kappa shape index (κ3) is 6.42. The fraction of sp³-hybridized carbons (Fsp3) is 0.556. The van der Waals surface area contributed by atoms with Crippen molar-refractivity contribution in [3.8, 4) is 0 Å². The molecular weight excluding hydrogens is 264 g/mol. The van der Waals surface area contributed by atoms with Crippen LogP contribution in [0.4, 0.5) is 0 Å². The van der Waals surface area contributed by atoms with Gasteiger partial charge in [-0.1, -0.05) is 42.0 Å². The summed E-state index contributed by atoms with van der Waals surface area (Å²) in [6.07, 6.45) is 3.18. The van der Waals surface area contributed by atoms with Crippen molar-refractivity contribution in [2.45, 2.75) is 51.9 Å². The largest absolute Gasteiger partial charge is 0.388 e. The third-order valence-corrected chi connectivity index (χ3v) is 3.75. The molecule has 0 bridgehead atoms. The molecule has 1 aromatic carbocycles. The minimum atomic E-state index is -0.642. The Balaban J connectivity index is 2.42. The summed E-state index contributed by atoms with van der Waals surface area (Å²) in [5.74, 6) is 0. The lowest BCUT2D eigenvalue weighted by atomic mass is 9.93. The van der Waals surface area contributed by atoms with Crippen molar-refractivity contribution in [3.63, 3.8) is 0 Å². The highest BCUT2D eigenvalue weighted by Gasteiger charge is 2.32. The number of methoxy groups -OCH3 is 1. The van der Waals surface area contributed by atoms with Gasteiger partial charge in [-0.2, -0.15) is 0 Å². The molecule has 0 aliphatic carbocycles. The predicted octanol–water partition coefficient (Wildman–Crippen LogP) is 3.72. The van der Waals surface area contributed by atoms with Crippen LogP contribution in [0.5, 0.6) is 0 Å². The van der Waals surface area contributed by atoms with Gasteiger partial charge in [-0.3, -0.25) is 0 Å². The Kier molecular flexibility index (Phi) is 7.65. The summed E-state index contributed by atoms with van der Waals surface area (Å²) >= 11 is 0. The Labute approximate surface area is 128 Å². The smallest absolute Gasteiger partial charge is 0.106 e. The number of aliphatic hydroxyl groups excluding tert-OH is 1. The van der Waals surface area contributed by atoms with Gasteiger partial charge in [-0.25, -0.2) is 0 Å². The number of ether oxygens (including phenoxy) is 2. The molecule has 0 unspecified atom stereocenters. The summed E-state index contributed by atoms with van der Waals surface area (Å²) in [5.41, 5.74) is 1.81. The molecule has 0 aromatic heterocycles. The van der Waals surface area contributed by atoms with E-state index >= 15 is 0 Å². The van der Waals surface area contributed by atoms with E-state index in [1.807, 2.05) is 37.3 Å². The van der Waals surface area contributed by atoms with Crippen molar-refractivity contribution in [2.75, 3.05) is 13.7 Å². The highest BCUT2D eigenvalue weighted by molar-refractivity contribution is 5.13. The summed E-state index contributed by atoms with van der Waals surface area (Å²) in [4.78, 5) is 0. The second kappa shape index (κ2) is 8.98. The summed E-state index contributed by atoms with van der Waals surface area (Å²) < 4.78 is 11.1. The van der Waals surface area contributed by atoms with Gasteiger partial charge in [-0.15, -0.1) is 0 Å². The lowest BCUT2D eigenvalue weighted by molar-refractivity contribution is -0.122. The lowest BCUT2D eigenvalue weighted by Gasteiger charge is -2.33.